The fourth-order valence-electron chi connectivity index (χ4n) is 1.96. The average molecular weight is 252 g/mol. The molecule has 3 N–H and O–H groups in total. The Bertz CT molecular complexity index is 356. The van der Waals surface area contributed by atoms with E-state index in [4.69, 9.17) is 15.2 Å². The van der Waals surface area contributed by atoms with Gasteiger partial charge in [0.2, 0.25) is 0 Å². The first-order valence-corrected chi connectivity index (χ1v) is 6.39. The molecule has 0 saturated heterocycles. The summed E-state index contributed by atoms with van der Waals surface area (Å²) in [6.45, 7) is 3.66. The smallest absolute Gasteiger partial charge is 0.122 e. The Balaban J connectivity index is 2.78. The van der Waals surface area contributed by atoms with E-state index >= 15 is 0 Å². The summed E-state index contributed by atoms with van der Waals surface area (Å²) in [5.41, 5.74) is 6.68. The van der Waals surface area contributed by atoms with Gasteiger partial charge < -0.3 is 20.5 Å². The van der Waals surface area contributed by atoms with E-state index in [2.05, 4.69) is 12.2 Å². The molecule has 0 fully saturated rings. The number of hydrogen-bond acceptors (Lipinski definition) is 4. The van der Waals surface area contributed by atoms with Crippen LogP contribution in [0.3, 0.4) is 0 Å². The summed E-state index contributed by atoms with van der Waals surface area (Å²) in [6, 6.07) is 6.31. The molecule has 18 heavy (non-hydrogen) atoms. The van der Waals surface area contributed by atoms with Gasteiger partial charge in [0.15, 0.2) is 0 Å². The molecule has 0 bridgehead atoms. The maximum absolute atomic E-state index is 5.52. The molecule has 1 rings (SSSR count). The summed E-state index contributed by atoms with van der Waals surface area (Å²) in [4.78, 5) is 0. The number of benzene rings is 1. The third-order valence-electron chi connectivity index (χ3n) is 3.02. The lowest BCUT2D eigenvalue weighted by molar-refractivity contribution is 0.394. The Hall–Kier alpha value is -1.26. The average Bonchev–Trinajstić information content (AvgIpc) is 2.43. The molecule has 1 atom stereocenters. The van der Waals surface area contributed by atoms with Gasteiger partial charge in [-0.2, -0.15) is 0 Å². The predicted octanol–water partition coefficient (Wildman–Crippen LogP) is 1.57. The van der Waals surface area contributed by atoms with Crippen molar-refractivity contribution in [1.82, 2.24) is 5.32 Å². The molecule has 0 spiro atoms. The summed E-state index contributed by atoms with van der Waals surface area (Å²) >= 11 is 0. The van der Waals surface area contributed by atoms with Crippen LogP contribution in [0.4, 0.5) is 0 Å². The van der Waals surface area contributed by atoms with Crippen LogP contribution in [-0.2, 0) is 6.42 Å². The van der Waals surface area contributed by atoms with Crippen LogP contribution in [0.15, 0.2) is 18.2 Å². The van der Waals surface area contributed by atoms with E-state index in [1.54, 1.807) is 14.2 Å². The number of rotatable bonds is 8. The van der Waals surface area contributed by atoms with Gasteiger partial charge in [-0.1, -0.05) is 6.92 Å². The van der Waals surface area contributed by atoms with Gasteiger partial charge >= 0.3 is 0 Å². The first-order chi connectivity index (χ1) is 8.74. The van der Waals surface area contributed by atoms with Crippen LogP contribution in [0.5, 0.6) is 11.5 Å². The standard InChI is InChI=1S/C14H24N2O2/c1-4-12(16-8-7-15)9-11-10-13(17-2)5-6-14(11)18-3/h5-6,10,12,16H,4,7-9,15H2,1-3H3. The molecule has 4 nitrogen and oxygen atoms in total. The van der Waals surface area contributed by atoms with Gasteiger partial charge in [-0.3, -0.25) is 0 Å². The molecule has 1 unspecified atom stereocenters. The molecule has 0 aliphatic carbocycles. The highest BCUT2D eigenvalue weighted by molar-refractivity contribution is 5.40. The van der Waals surface area contributed by atoms with Crippen LogP contribution in [-0.4, -0.2) is 33.4 Å². The van der Waals surface area contributed by atoms with E-state index in [-0.39, 0.29) is 0 Å². The third kappa shape index (κ3) is 4.20. The van der Waals surface area contributed by atoms with Crippen molar-refractivity contribution in [2.75, 3.05) is 27.3 Å². The molecule has 0 aromatic heterocycles. The second-order valence-corrected chi connectivity index (χ2v) is 4.23. The van der Waals surface area contributed by atoms with Crippen LogP contribution in [0.25, 0.3) is 0 Å². The van der Waals surface area contributed by atoms with E-state index in [1.165, 1.54) is 0 Å². The van der Waals surface area contributed by atoms with E-state index in [1.807, 2.05) is 18.2 Å². The van der Waals surface area contributed by atoms with Crippen molar-refractivity contribution in [2.24, 2.45) is 5.73 Å². The van der Waals surface area contributed by atoms with Crippen LogP contribution < -0.4 is 20.5 Å². The van der Waals surface area contributed by atoms with Crippen LogP contribution in [0, 0.1) is 0 Å². The summed E-state index contributed by atoms with van der Waals surface area (Å²) in [6.07, 6.45) is 1.97. The lowest BCUT2D eigenvalue weighted by Crippen LogP contribution is -2.34. The molecule has 4 heteroatoms. The largest absolute Gasteiger partial charge is 0.497 e. The maximum atomic E-state index is 5.52. The Kier molecular flexibility index (Phi) is 6.54. The minimum atomic E-state index is 0.412. The van der Waals surface area contributed by atoms with Crippen LogP contribution in [0.1, 0.15) is 18.9 Å². The Morgan fingerprint density at radius 3 is 2.61 bits per heavy atom. The van der Waals surface area contributed by atoms with Crippen LogP contribution >= 0.6 is 0 Å². The molecule has 0 saturated carbocycles. The van der Waals surface area contributed by atoms with E-state index in [9.17, 15) is 0 Å². The molecule has 0 amide bonds. The van der Waals surface area contributed by atoms with Gasteiger partial charge in [0.1, 0.15) is 11.5 Å². The van der Waals surface area contributed by atoms with E-state index < -0.39 is 0 Å². The number of methoxy groups -OCH3 is 2. The summed E-state index contributed by atoms with van der Waals surface area (Å²) in [5.74, 6) is 1.77. The zero-order valence-electron chi connectivity index (χ0n) is 11.5. The van der Waals surface area contributed by atoms with E-state index in [0.29, 0.717) is 12.6 Å². The Morgan fingerprint density at radius 2 is 2.06 bits per heavy atom. The first kappa shape index (κ1) is 14.8. The molecule has 0 heterocycles. The number of hydrogen-bond donors (Lipinski definition) is 2. The first-order valence-electron chi connectivity index (χ1n) is 6.39. The monoisotopic (exact) mass is 252 g/mol. The molecular weight excluding hydrogens is 228 g/mol. The highest BCUT2D eigenvalue weighted by atomic mass is 16.5. The van der Waals surface area contributed by atoms with Crippen molar-refractivity contribution in [3.63, 3.8) is 0 Å². The number of nitrogens with one attached hydrogen (secondary N) is 1. The van der Waals surface area contributed by atoms with Gasteiger partial charge in [-0.05, 0) is 36.6 Å². The SMILES string of the molecule is CCC(Cc1cc(OC)ccc1OC)NCCN. The molecule has 0 radical (unpaired) electrons. The van der Waals surface area contributed by atoms with Crippen molar-refractivity contribution >= 4 is 0 Å². The quantitative estimate of drug-likeness (QED) is 0.737. The van der Waals surface area contributed by atoms with Gasteiger partial charge in [0, 0.05) is 19.1 Å². The second-order valence-electron chi connectivity index (χ2n) is 4.23. The normalized spacial score (nSPS) is 12.2. The Labute approximate surface area is 109 Å². The lowest BCUT2D eigenvalue weighted by atomic mass is 10.0. The van der Waals surface area contributed by atoms with E-state index in [0.717, 1.165) is 36.4 Å². The van der Waals surface area contributed by atoms with Gasteiger partial charge in [0.25, 0.3) is 0 Å². The topological polar surface area (TPSA) is 56.5 Å². The summed E-state index contributed by atoms with van der Waals surface area (Å²) < 4.78 is 10.6. The molecular formula is C14H24N2O2. The van der Waals surface area contributed by atoms with Crippen molar-refractivity contribution in [3.8, 4) is 11.5 Å². The van der Waals surface area contributed by atoms with Gasteiger partial charge in [-0.25, -0.2) is 0 Å². The van der Waals surface area contributed by atoms with Crippen molar-refractivity contribution in [3.05, 3.63) is 23.8 Å². The highest BCUT2D eigenvalue weighted by Crippen LogP contribution is 2.25. The third-order valence-corrected chi connectivity index (χ3v) is 3.02. The lowest BCUT2D eigenvalue weighted by Gasteiger charge is -2.18. The van der Waals surface area contributed by atoms with Crippen molar-refractivity contribution < 1.29 is 9.47 Å². The zero-order valence-corrected chi connectivity index (χ0v) is 11.5. The fraction of sp³-hybridized carbons (Fsp3) is 0.571. The molecule has 0 aliphatic heterocycles. The number of nitrogens with two attached hydrogens (primary N) is 1. The maximum Gasteiger partial charge on any atom is 0.122 e. The van der Waals surface area contributed by atoms with Crippen LogP contribution in [0.2, 0.25) is 0 Å². The second kappa shape index (κ2) is 7.95. The fourth-order valence-corrected chi connectivity index (χ4v) is 1.96. The van der Waals surface area contributed by atoms with Crippen molar-refractivity contribution in [1.29, 1.82) is 0 Å². The Morgan fingerprint density at radius 1 is 1.28 bits per heavy atom. The van der Waals surface area contributed by atoms with Crippen molar-refractivity contribution in [2.45, 2.75) is 25.8 Å². The highest BCUT2D eigenvalue weighted by Gasteiger charge is 2.11. The zero-order chi connectivity index (χ0) is 13.4. The summed E-state index contributed by atoms with van der Waals surface area (Å²) in [5, 5.41) is 3.43. The van der Waals surface area contributed by atoms with Gasteiger partial charge in [-0.15, -0.1) is 0 Å². The molecule has 102 valence electrons. The number of ether oxygens (including phenoxy) is 2. The molecule has 0 aliphatic rings. The predicted molar refractivity (Wildman–Crippen MR) is 74.4 cm³/mol. The molecule has 1 aromatic carbocycles. The minimum absolute atomic E-state index is 0.412. The van der Waals surface area contributed by atoms with Gasteiger partial charge in [0.05, 0.1) is 14.2 Å². The molecule has 1 aromatic rings. The minimum Gasteiger partial charge on any atom is -0.497 e. The summed E-state index contributed by atoms with van der Waals surface area (Å²) in [7, 11) is 3.37.